The highest BCUT2D eigenvalue weighted by Gasteiger charge is 2.26. The Labute approximate surface area is 221 Å². The van der Waals surface area contributed by atoms with Crippen molar-refractivity contribution in [2.24, 2.45) is 0 Å². The van der Waals surface area contributed by atoms with Crippen LogP contribution < -0.4 is 14.7 Å². The number of thioether (sulfide) groups is 1. The van der Waals surface area contributed by atoms with Gasteiger partial charge in [-0.2, -0.15) is 11.8 Å². The molecule has 0 N–H and O–H groups in total. The minimum Gasteiger partial charge on any atom is -0.370 e. The lowest BCUT2D eigenvalue weighted by molar-refractivity contribution is 0.207. The van der Waals surface area contributed by atoms with Crippen LogP contribution >= 0.6 is 23.1 Å². The van der Waals surface area contributed by atoms with E-state index in [1.165, 1.54) is 38.8 Å². The van der Waals surface area contributed by atoms with E-state index in [0.717, 1.165) is 69.3 Å². The second-order valence-corrected chi connectivity index (χ2v) is 12.2. The topological polar surface area (TPSA) is 42.9 Å². The Morgan fingerprint density at radius 1 is 0.889 bits per heavy atom. The van der Waals surface area contributed by atoms with Crippen molar-refractivity contribution in [1.29, 1.82) is 0 Å². The maximum Gasteiger partial charge on any atom is 0.324 e. The Balaban J connectivity index is 1.12. The molecule has 6 nitrogen and oxygen atoms in total. The molecule has 3 aliphatic heterocycles. The molecule has 0 saturated carbocycles. The summed E-state index contributed by atoms with van der Waals surface area (Å²) in [5.41, 5.74) is 6.39. The average Bonchev–Trinajstić information content (AvgIpc) is 3.39. The van der Waals surface area contributed by atoms with E-state index in [-0.39, 0.29) is 6.03 Å². The second-order valence-electron chi connectivity index (χ2n) is 9.89. The van der Waals surface area contributed by atoms with Crippen molar-refractivity contribution in [3.63, 3.8) is 0 Å². The number of urea groups is 1. The average molecular weight is 520 g/mol. The zero-order valence-corrected chi connectivity index (χ0v) is 22.5. The van der Waals surface area contributed by atoms with E-state index in [2.05, 4.69) is 52.3 Å². The second kappa shape index (κ2) is 10.3. The Morgan fingerprint density at radius 2 is 1.69 bits per heavy atom. The number of aromatic nitrogens is 1. The van der Waals surface area contributed by atoms with Gasteiger partial charge < -0.3 is 14.7 Å². The summed E-state index contributed by atoms with van der Waals surface area (Å²) in [4.78, 5) is 27.4. The van der Waals surface area contributed by atoms with E-state index in [4.69, 9.17) is 4.98 Å². The first-order chi connectivity index (χ1) is 17.6. The first-order valence-electron chi connectivity index (χ1n) is 12.9. The van der Waals surface area contributed by atoms with Crippen molar-refractivity contribution in [1.82, 2.24) is 9.88 Å². The summed E-state index contributed by atoms with van der Waals surface area (Å²) >= 11 is 3.85. The SMILES string of the molecule is CN1CCCN(c2ccc3c(c2)CN(c2ncc(Cc4ccc(N5CCSCC5)cc4)s2)CC3)C1=O. The van der Waals surface area contributed by atoms with Crippen molar-refractivity contribution in [2.75, 3.05) is 66.0 Å². The van der Waals surface area contributed by atoms with Gasteiger partial charge >= 0.3 is 6.03 Å². The van der Waals surface area contributed by atoms with Gasteiger partial charge in [0.1, 0.15) is 0 Å². The summed E-state index contributed by atoms with van der Waals surface area (Å²) in [6.45, 7) is 5.74. The lowest BCUT2D eigenvalue weighted by Crippen LogP contribution is -2.47. The van der Waals surface area contributed by atoms with Gasteiger partial charge in [0.25, 0.3) is 0 Å². The molecule has 2 aromatic carbocycles. The van der Waals surface area contributed by atoms with Crippen LogP contribution in [0.5, 0.6) is 0 Å². The van der Waals surface area contributed by atoms with Crippen LogP contribution in [0, 0.1) is 0 Å². The molecule has 1 aromatic heterocycles. The number of fused-ring (bicyclic) bond motifs is 1. The van der Waals surface area contributed by atoms with Gasteiger partial charge in [0.15, 0.2) is 5.13 Å². The van der Waals surface area contributed by atoms with Crippen LogP contribution in [0.4, 0.5) is 21.3 Å². The van der Waals surface area contributed by atoms with Crippen LogP contribution in [-0.4, -0.2) is 67.2 Å². The van der Waals surface area contributed by atoms with E-state index in [9.17, 15) is 4.79 Å². The predicted molar refractivity (Wildman–Crippen MR) is 152 cm³/mol. The Bertz CT molecular complexity index is 1220. The zero-order chi connectivity index (χ0) is 24.5. The van der Waals surface area contributed by atoms with Crippen molar-refractivity contribution in [3.8, 4) is 0 Å². The van der Waals surface area contributed by atoms with E-state index in [0.29, 0.717) is 0 Å². The normalized spacial score (nSPS) is 18.5. The van der Waals surface area contributed by atoms with Crippen molar-refractivity contribution < 1.29 is 4.79 Å². The largest absolute Gasteiger partial charge is 0.370 e. The minimum atomic E-state index is 0.0985. The molecule has 8 heteroatoms. The fourth-order valence-corrected chi connectivity index (χ4v) is 7.22. The minimum absolute atomic E-state index is 0.0985. The molecular formula is C28H33N5OS2. The molecule has 0 aliphatic carbocycles. The van der Waals surface area contributed by atoms with Gasteiger partial charge in [-0.15, -0.1) is 11.3 Å². The molecule has 6 rings (SSSR count). The number of hydrogen-bond donors (Lipinski definition) is 0. The molecule has 188 valence electrons. The van der Waals surface area contributed by atoms with Crippen LogP contribution in [0.2, 0.25) is 0 Å². The standard InChI is InChI=1S/C28H33N5OS2/c1-30-10-2-11-33(28(30)34)25-8-5-22-9-12-32(20-23(22)18-25)27-29-19-26(36-27)17-21-3-6-24(7-4-21)31-13-15-35-16-14-31/h3-8,18-19H,2,9-17,20H2,1H3. The summed E-state index contributed by atoms with van der Waals surface area (Å²) in [6.07, 6.45) is 4.99. The number of rotatable bonds is 5. The molecular weight excluding hydrogens is 486 g/mol. The van der Waals surface area contributed by atoms with Gasteiger partial charge in [-0.05, 0) is 53.8 Å². The number of amides is 2. The van der Waals surface area contributed by atoms with Crippen molar-refractivity contribution in [3.05, 3.63) is 70.2 Å². The molecule has 2 saturated heterocycles. The lowest BCUT2D eigenvalue weighted by atomic mass is 9.99. The zero-order valence-electron chi connectivity index (χ0n) is 20.9. The predicted octanol–water partition coefficient (Wildman–Crippen LogP) is 5.11. The third-order valence-electron chi connectivity index (χ3n) is 7.45. The summed E-state index contributed by atoms with van der Waals surface area (Å²) in [5, 5.41) is 1.09. The summed E-state index contributed by atoms with van der Waals surface area (Å²) in [7, 11) is 1.89. The van der Waals surface area contributed by atoms with Gasteiger partial charge in [0.2, 0.25) is 0 Å². The van der Waals surface area contributed by atoms with Crippen LogP contribution in [0.1, 0.15) is 28.0 Å². The molecule has 36 heavy (non-hydrogen) atoms. The van der Waals surface area contributed by atoms with E-state index in [1.54, 1.807) is 11.3 Å². The third kappa shape index (κ3) is 4.93. The van der Waals surface area contributed by atoms with Gasteiger partial charge in [0.05, 0.1) is 0 Å². The first-order valence-corrected chi connectivity index (χ1v) is 14.9. The summed E-state index contributed by atoms with van der Waals surface area (Å²) < 4.78 is 0. The van der Waals surface area contributed by atoms with Crippen LogP contribution in [0.3, 0.4) is 0 Å². The highest BCUT2D eigenvalue weighted by atomic mass is 32.2. The van der Waals surface area contributed by atoms with Crippen LogP contribution in [0.25, 0.3) is 0 Å². The van der Waals surface area contributed by atoms with E-state index < -0.39 is 0 Å². The van der Waals surface area contributed by atoms with Gasteiger partial charge in [-0.3, -0.25) is 4.90 Å². The molecule has 0 atom stereocenters. The Morgan fingerprint density at radius 3 is 2.53 bits per heavy atom. The van der Waals surface area contributed by atoms with Crippen LogP contribution in [0.15, 0.2) is 48.7 Å². The molecule has 0 radical (unpaired) electrons. The summed E-state index contributed by atoms with van der Waals surface area (Å²) in [5.74, 6) is 2.45. The molecule has 4 heterocycles. The first kappa shape index (κ1) is 23.7. The third-order valence-corrected chi connectivity index (χ3v) is 9.45. The molecule has 3 aliphatic rings. The maximum atomic E-state index is 12.7. The maximum absolute atomic E-state index is 12.7. The number of nitrogens with zero attached hydrogens (tertiary/aromatic N) is 5. The number of carbonyl (C=O) groups is 1. The molecule has 2 fully saturated rings. The van der Waals surface area contributed by atoms with Crippen molar-refractivity contribution in [2.45, 2.75) is 25.8 Å². The molecule has 2 amide bonds. The van der Waals surface area contributed by atoms with E-state index >= 15 is 0 Å². The Kier molecular flexibility index (Phi) is 6.80. The van der Waals surface area contributed by atoms with Crippen molar-refractivity contribution >= 4 is 45.6 Å². The quantitative estimate of drug-likeness (QED) is 0.469. The van der Waals surface area contributed by atoms with Gasteiger partial charge in [-0.1, -0.05) is 18.2 Å². The number of benzene rings is 2. The summed E-state index contributed by atoms with van der Waals surface area (Å²) in [6, 6.07) is 15.7. The Hall–Kier alpha value is -2.71. The van der Waals surface area contributed by atoms with Gasteiger partial charge in [-0.25, -0.2) is 9.78 Å². The fraction of sp³-hybridized carbons (Fsp3) is 0.429. The highest BCUT2D eigenvalue weighted by molar-refractivity contribution is 7.99. The number of hydrogen-bond acceptors (Lipinski definition) is 6. The monoisotopic (exact) mass is 519 g/mol. The molecule has 0 spiro atoms. The molecule has 0 unspecified atom stereocenters. The number of carbonyl (C=O) groups excluding carboxylic acids is 1. The molecule has 3 aromatic rings. The highest BCUT2D eigenvalue weighted by Crippen LogP contribution is 2.32. The smallest absolute Gasteiger partial charge is 0.324 e. The number of anilines is 3. The molecule has 0 bridgehead atoms. The fourth-order valence-electron chi connectivity index (χ4n) is 5.35. The number of thiazole rings is 1. The van der Waals surface area contributed by atoms with Gasteiger partial charge in [0, 0.05) is 86.7 Å². The van der Waals surface area contributed by atoms with Crippen LogP contribution in [-0.2, 0) is 19.4 Å². The lowest BCUT2D eigenvalue weighted by Gasteiger charge is -2.34. The van der Waals surface area contributed by atoms with E-state index in [1.807, 2.05) is 34.8 Å².